The third-order valence-electron chi connectivity index (χ3n) is 4.69. The van der Waals surface area contributed by atoms with Gasteiger partial charge in [-0.3, -0.25) is 9.59 Å². The average Bonchev–Trinajstić information content (AvgIpc) is 2.71. The van der Waals surface area contributed by atoms with Crippen LogP contribution in [0.25, 0.3) is 0 Å². The Labute approximate surface area is 170 Å². The van der Waals surface area contributed by atoms with Gasteiger partial charge in [-0.25, -0.2) is 9.37 Å². The zero-order chi connectivity index (χ0) is 20.4. The molecule has 29 heavy (non-hydrogen) atoms. The van der Waals surface area contributed by atoms with Crippen LogP contribution in [0.4, 0.5) is 10.2 Å². The van der Waals surface area contributed by atoms with Crippen LogP contribution in [-0.4, -0.2) is 23.0 Å². The molecule has 2 heterocycles. The number of carbonyl (C=O) groups is 1. The molecule has 1 atom stereocenters. The van der Waals surface area contributed by atoms with E-state index in [1.165, 1.54) is 23.9 Å². The lowest BCUT2D eigenvalue weighted by Gasteiger charge is -2.24. The van der Waals surface area contributed by atoms with Crippen LogP contribution in [0.3, 0.4) is 0 Å². The normalized spacial score (nSPS) is 15.5. The molecular formula is C21H18FN3O3S. The number of amides is 1. The lowest BCUT2D eigenvalue weighted by Crippen LogP contribution is -2.31. The molecule has 0 saturated carbocycles. The Morgan fingerprint density at radius 1 is 1.21 bits per heavy atom. The molecule has 1 aliphatic rings. The molecule has 2 aromatic carbocycles. The fourth-order valence-electron chi connectivity index (χ4n) is 3.34. The van der Waals surface area contributed by atoms with Crippen LogP contribution in [0.2, 0.25) is 0 Å². The topological polar surface area (TPSA) is 84.1 Å². The minimum Gasteiger partial charge on any atom is -0.497 e. The maximum Gasteiger partial charge on any atom is 0.257 e. The number of hydrogen-bond donors (Lipinski definition) is 2. The number of hydrogen-bond acceptors (Lipinski definition) is 5. The summed E-state index contributed by atoms with van der Waals surface area (Å²) in [4.78, 5) is 32.3. The second kappa shape index (κ2) is 8.08. The molecule has 1 aliphatic heterocycles. The number of anilines is 1. The van der Waals surface area contributed by atoms with Crippen molar-refractivity contribution in [3.63, 3.8) is 0 Å². The summed E-state index contributed by atoms with van der Waals surface area (Å²) >= 11 is 1.27. The van der Waals surface area contributed by atoms with E-state index in [-0.39, 0.29) is 29.5 Å². The molecule has 1 unspecified atom stereocenters. The van der Waals surface area contributed by atoms with Crippen LogP contribution in [0.5, 0.6) is 5.75 Å². The van der Waals surface area contributed by atoms with Crippen molar-refractivity contribution in [2.75, 3.05) is 12.4 Å². The summed E-state index contributed by atoms with van der Waals surface area (Å²) in [5.41, 5.74) is 1.71. The van der Waals surface area contributed by atoms with Gasteiger partial charge in [0.15, 0.2) is 5.16 Å². The maximum absolute atomic E-state index is 13.3. The molecule has 148 valence electrons. The first-order valence-electron chi connectivity index (χ1n) is 8.99. The Kier molecular flexibility index (Phi) is 5.35. The van der Waals surface area contributed by atoms with Gasteiger partial charge in [0, 0.05) is 18.1 Å². The molecule has 6 nitrogen and oxygen atoms in total. The van der Waals surface area contributed by atoms with Crippen LogP contribution >= 0.6 is 11.8 Å². The fourth-order valence-corrected chi connectivity index (χ4v) is 4.14. The van der Waals surface area contributed by atoms with E-state index in [2.05, 4.69) is 15.3 Å². The van der Waals surface area contributed by atoms with Crippen molar-refractivity contribution in [1.82, 2.24) is 9.97 Å². The molecule has 0 saturated heterocycles. The SMILES string of the molecule is COc1cccc(C2CC(=O)Nc3nc(SCc4cccc(F)c4)[nH]c(=O)c32)c1. The summed E-state index contributed by atoms with van der Waals surface area (Å²) in [6.07, 6.45) is 0.153. The van der Waals surface area contributed by atoms with Gasteiger partial charge >= 0.3 is 0 Å². The van der Waals surface area contributed by atoms with E-state index in [0.29, 0.717) is 22.2 Å². The largest absolute Gasteiger partial charge is 0.497 e. The fraction of sp³-hybridized carbons (Fsp3) is 0.190. The Balaban J connectivity index is 1.65. The molecular weight excluding hydrogens is 393 g/mol. The number of H-pyrrole nitrogens is 1. The summed E-state index contributed by atoms with van der Waals surface area (Å²) < 4.78 is 18.6. The predicted octanol–water partition coefficient (Wildman–Crippen LogP) is 3.68. The second-order valence-electron chi connectivity index (χ2n) is 6.63. The molecule has 2 N–H and O–H groups in total. The molecule has 0 bridgehead atoms. The molecule has 3 aromatic rings. The van der Waals surface area contributed by atoms with Crippen molar-refractivity contribution in [1.29, 1.82) is 0 Å². The van der Waals surface area contributed by atoms with Crippen molar-refractivity contribution in [2.24, 2.45) is 0 Å². The zero-order valence-corrected chi connectivity index (χ0v) is 16.4. The third kappa shape index (κ3) is 4.17. The smallest absolute Gasteiger partial charge is 0.257 e. The second-order valence-corrected chi connectivity index (χ2v) is 7.60. The standard InChI is InChI=1S/C21H18FN3O3S/c1-28-15-7-3-5-13(9-15)16-10-17(26)23-19-18(16)20(27)25-21(24-19)29-11-12-4-2-6-14(22)8-12/h2-9,16H,10-11H2,1H3,(H2,23,24,25,26,27). The molecule has 0 aliphatic carbocycles. The van der Waals surface area contributed by atoms with Gasteiger partial charge in [0.1, 0.15) is 17.4 Å². The number of halogens is 1. The van der Waals surface area contributed by atoms with Crippen molar-refractivity contribution in [3.05, 3.63) is 81.4 Å². The van der Waals surface area contributed by atoms with Crippen LogP contribution in [0.15, 0.2) is 58.5 Å². The van der Waals surface area contributed by atoms with Crippen LogP contribution in [-0.2, 0) is 10.5 Å². The Morgan fingerprint density at radius 3 is 2.83 bits per heavy atom. The molecule has 1 aromatic heterocycles. The van der Waals surface area contributed by atoms with E-state index < -0.39 is 5.92 Å². The first kappa shape index (κ1) is 19.2. The summed E-state index contributed by atoms with van der Waals surface area (Å²) in [6.45, 7) is 0. The van der Waals surface area contributed by atoms with Crippen LogP contribution < -0.4 is 15.6 Å². The number of fused-ring (bicyclic) bond motifs is 1. The summed E-state index contributed by atoms with van der Waals surface area (Å²) in [5, 5.41) is 3.07. The Morgan fingerprint density at radius 2 is 2.03 bits per heavy atom. The van der Waals surface area contributed by atoms with E-state index in [0.717, 1.165) is 11.1 Å². The van der Waals surface area contributed by atoms with E-state index in [1.54, 1.807) is 19.2 Å². The van der Waals surface area contributed by atoms with Gasteiger partial charge in [-0.1, -0.05) is 36.0 Å². The number of carbonyl (C=O) groups excluding carboxylic acids is 1. The third-order valence-corrected chi connectivity index (χ3v) is 5.63. The van der Waals surface area contributed by atoms with Gasteiger partial charge in [-0.2, -0.15) is 0 Å². The van der Waals surface area contributed by atoms with Gasteiger partial charge in [-0.05, 0) is 35.4 Å². The van der Waals surface area contributed by atoms with E-state index in [9.17, 15) is 14.0 Å². The number of thioether (sulfide) groups is 1. The number of nitrogens with zero attached hydrogens (tertiary/aromatic N) is 1. The zero-order valence-electron chi connectivity index (χ0n) is 15.6. The maximum atomic E-state index is 13.3. The van der Waals surface area contributed by atoms with Crippen LogP contribution in [0.1, 0.15) is 29.0 Å². The highest BCUT2D eigenvalue weighted by atomic mass is 32.2. The van der Waals surface area contributed by atoms with Crippen molar-refractivity contribution in [2.45, 2.75) is 23.2 Å². The van der Waals surface area contributed by atoms with Gasteiger partial charge < -0.3 is 15.0 Å². The minimum absolute atomic E-state index is 0.153. The van der Waals surface area contributed by atoms with Gasteiger partial charge in [0.2, 0.25) is 5.91 Å². The van der Waals surface area contributed by atoms with E-state index in [4.69, 9.17) is 4.74 Å². The molecule has 1 amide bonds. The Hall–Kier alpha value is -3.13. The van der Waals surface area contributed by atoms with Crippen LogP contribution in [0, 0.1) is 5.82 Å². The quantitative estimate of drug-likeness (QED) is 0.494. The number of rotatable bonds is 5. The average molecular weight is 411 g/mol. The number of nitrogens with one attached hydrogen (secondary N) is 2. The number of ether oxygens (including phenoxy) is 1. The summed E-state index contributed by atoms with van der Waals surface area (Å²) in [7, 11) is 1.57. The predicted molar refractivity (Wildman–Crippen MR) is 109 cm³/mol. The van der Waals surface area contributed by atoms with E-state index >= 15 is 0 Å². The molecule has 8 heteroatoms. The number of benzene rings is 2. The molecule has 0 spiro atoms. The van der Waals surface area contributed by atoms with Gasteiger partial charge in [-0.15, -0.1) is 0 Å². The number of aromatic amines is 1. The minimum atomic E-state index is -0.410. The Bertz CT molecular complexity index is 1130. The van der Waals surface area contributed by atoms with Crippen molar-refractivity contribution >= 4 is 23.5 Å². The molecule has 0 radical (unpaired) electrons. The van der Waals surface area contributed by atoms with Crippen molar-refractivity contribution in [3.8, 4) is 5.75 Å². The lowest BCUT2D eigenvalue weighted by atomic mass is 9.87. The number of aromatic nitrogens is 2. The number of methoxy groups -OCH3 is 1. The first-order valence-corrected chi connectivity index (χ1v) is 9.97. The van der Waals surface area contributed by atoms with Crippen molar-refractivity contribution < 1.29 is 13.9 Å². The van der Waals surface area contributed by atoms with Gasteiger partial charge in [0.25, 0.3) is 5.56 Å². The molecule has 4 rings (SSSR count). The summed E-state index contributed by atoms with van der Waals surface area (Å²) in [5.74, 6) is 0.425. The highest BCUT2D eigenvalue weighted by molar-refractivity contribution is 7.98. The molecule has 0 fully saturated rings. The van der Waals surface area contributed by atoms with Gasteiger partial charge in [0.05, 0.1) is 12.7 Å². The monoisotopic (exact) mass is 411 g/mol. The van der Waals surface area contributed by atoms with E-state index in [1.807, 2.05) is 24.3 Å². The summed E-state index contributed by atoms with van der Waals surface area (Å²) in [6, 6.07) is 13.6. The lowest BCUT2D eigenvalue weighted by molar-refractivity contribution is -0.116. The first-order chi connectivity index (χ1) is 14.0. The highest BCUT2D eigenvalue weighted by Crippen LogP contribution is 2.35. The highest BCUT2D eigenvalue weighted by Gasteiger charge is 2.31.